The lowest BCUT2D eigenvalue weighted by molar-refractivity contribution is -0.142. The summed E-state index contributed by atoms with van der Waals surface area (Å²) in [6.07, 6.45) is 0.871. The van der Waals surface area contributed by atoms with Gasteiger partial charge in [0.1, 0.15) is 6.04 Å². The Balaban J connectivity index is 2.85. The van der Waals surface area contributed by atoms with Gasteiger partial charge < -0.3 is 10.1 Å². The molecule has 0 aliphatic carbocycles. The third kappa shape index (κ3) is 4.16. The van der Waals surface area contributed by atoms with Gasteiger partial charge in [0.2, 0.25) is 5.91 Å². The number of carbonyl (C=O) groups is 2. The maximum atomic E-state index is 12.2. The van der Waals surface area contributed by atoms with E-state index in [9.17, 15) is 9.59 Å². The molecule has 2 amide bonds. The van der Waals surface area contributed by atoms with E-state index < -0.39 is 12.1 Å². The van der Waals surface area contributed by atoms with Crippen LogP contribution in [0.1, 0.15) is 27.2 Å². The Bertz CT molecular complexity index is 336. The molecule has 0 saturated carbocycles. The zero-order valence-corrected chi connectivity index (χ0v) is 12.5. The van der Waals surface area contributed by atoms with Crippen LogP contribution in [-0.2, 0) is 14.3 Å². The van der Waals surface area contributed by atoms with Crippen LogP contribution in [0.4, 0.5) is 0 Å². The summed E-state index contributed by atoms with van der Waals surface area (Å²) in [6.45, 7) is 7.86. The van der Waals surface area contributed by atoms with Crippen molar-refractivity contribution in [3.05, 3.63) is 0 Å². The first-order valence-corrected chi connectivity index (χ1v) is 7.14. The Morgan fingerprint density at radius 2 is 2.15 bits per heavy atom. The van der Waals surface area contributed by atoms with Crippen molar-refractivity contribution in [2.45, 2.75) is 39.3 Å². The van der Waals surface area contributed by atoms with Crippen molar-refractivity contribution in [3.8, 4) is 0 Å². The highest BCUT2D eigenvalue weighted by molar-refractivity contribution is 5.85. The normalized spacial score (nSPS) is 21.6. The number of morpholine rings is 1. The van der Waals surface area contributed by atoms with Gasteiger partial charge in [0.05, 0.1) is 19.3 Å². The maximum absolute atomic E-state index is 12.2. The van der Waals surface area contributed by atoms with E-state index in [0.717, 1.165) is 6.42 Å². The summed E-state index contributed by atoms with van der Waals surface area (Å²) >= 11 is 0. The number of nitrogens with one attached hydrogen (secondary N) is 2. The molecule has 7 nitrogen and oxygen atoms in total. The Kier molecular flexibility index (Phi) is 6.90. The van der Waals surface area contributed by atoms with Gasteiger partial charge in [0, 0.05) is 13.1 Å². The molecule has 1 aliphatic rings. The Labute approximate surface area is 120 Å². The molecule has 2 atom stereocenters. The minimum absolute atomic E-state index is 0.0538. The van der Waals surface area contributed by atoms with Gasteiger partial charge in [-0.25, -0.2) is 5.84 Å². The lowest BCUT2D eigenvalue weighted by Crippen LogP contribution is -2.62. The molecule has 0 aromatic heterocycles. The lowest BCUT2D eigenvalue weighted by atomic mass is 9.99. The van der Waals surface area contributed by atoms with E-state index in [1.165, 1.54) is 0 Å². The van der Waals surface area contributed by atoms with E-state index in [1.807, 2.05) is 25.7 Å². The second-order valence-electron chi connectivity index (χ2n) is 5.32. The van der Waals surface area contributed by atoms with Crippen molar-refractivity contribution in [1.82, 2.24) is 15.6 Å². The quantitative estimate of drug-likeness (QED) is 0.338. The van der Waals surface area contributed by atoms with Crippen LogP contribution in [0.15, 0.2) is 0 Å². The topological polar surface area (TPSA) is 96.7 Å². The Morgan fingerprint density at radius 1 is 1.45 bits per heavy atom. The highest BCUT2D eigenvalue weighted by atomic mass is 16.5. The van der Waals surface area contributed by atoms with Crippen LogP contribution in [0.5, 0.6) is 0 Å². The van der Waals surface area contributed by atoms with Gasteiger partial charge in [-0.3, -0.25) is 19.9 Å². The highest BCUT2D eigenvalue weighted by Gasteiger charge is 2.38. The van der Waals surface area contributed by atoms with Crippen LogP contribution in [0, 0.1) is 5.92 Å². The van der Waals surface area contributed by atoms with Crippen LogP contribution in [0.25, 0.3) is 0 Å². The number of hydrogen-bond acceptors (Lipinski definition) is 5. The third-order valence-electron chi connectivity index (χ3n) is 3.42. The summed E-state index contributed by atoms with van der Waals surface area (Å²) in [5, 5.41) is 2.86. The van der Waals surface area contributed by atoms with Crippen molar-refractivity contribution in [3.63, 3.8) is 0 Å². The molecule has 1 fully saturated rings. The Hall–Kier alpha value is -1.18. The van der Waals surface area contributed by atoms with Gasteiger partial charge in [-0.05, 0) is 12.3 Å². The first-order chi connectivity index (χ1) is 9.52. The summed E-state index contributed by atoms with van der Waals surface area (Å²) in [4.78, 5) is 26.1. The molecule has 0 aromatic carbocycles. The third-order valence-corrected chi connectivity index (χ3v) is 3.42. The maximum Gasteiger partial charge on any atom is 0.251 e. The van der Waals surface area contributed by atoms with Gasteiger partial charge in [-0.1, -0.05) is 20.8 Å². The van der Waals surface area contributed by atoms with Crippen molar-refractivity contribution >= 4 is 11.8 Å². The van der Waals surface area contributed by atoms with Crippen LogP contribution in [0.2, 0.25) is 0 Å². The number of rotatable bonds is 6. The van der Waals surface area contributed by atoms with Gasteiger partial charge in [-0.15, -0.1) is 0 Å². The van der Waals surface area contributed by atoms with E-state index >= 15 is 0 Å². The second-order valence-corrected chi connectivity index (χ2v) is 5.32. The zero-order chi connectivity index (χ0) is 15.1. The summed E-state index contributed by atoms with van der Waals surface area (Å²) in [7, 11) is 0. The van der Waals surface area contributed by atoms with Crippen LogP contribution >= 0.6 is 0 Å². The molecule has 7 heteroatoms. The summed E-state index contributed by atoms with van der Waals surface area (Å²) < 4.78 is 5.39. The van der Waals surface area contributed by atoms with Crippen molar-refractivity contribution in [1.29, 1.82) is 0 Å². The van der Waals surface area contributed by atoms with Gasteiger partial charge in [0.25, 0.3) is 5.91 Å². The molecule has 20 heavy (non-hydrogen) atoms. The predicted octanol–water partition coefficient (Wildman–Crippen LogP) is -0.772. The fourth-order valence-corrected chi connectivity index (χ4v) is 2.46. The molecular weight excluding hydrogens is 260 g/mol. The smallest absolute Gasteiger partial charge is 0.251 e. The number of ether oxygens (including phenoxy) is 1. The first-order valence-electron chi connectivity index (χ1n) is 7.14. The largest absolute Gasteiger partial charge is 0.378 e. The zero-order valence-electron chi connectivity index (χ0n) is 12.5. The van der Waals surface area contributed by atoms with E-state index in [2.05, 4.69) is 10.7 Å². The number of nitrogens with two attached hydrogens (primary N) is 1. The average molecular weight is 286 g/mol. The molecule has 0 spiro atoms. The number of hydrazine groups is 1. The SMILES string of the molecule is CCCNC(=O)C1COCCN1C(C(=O)NN)C(C)C. The van der Waals surface area contributed by atoms with Crippen LogP contribution in [-0.4, -0.2) is 55.1 Å². The number of hydrogen-bond donors (Lipinski definition) is 3. The second kappa shape index (κ2) is 8.18. The fraction of sp³-hybridized carbons (Fsp3) is 0.846. The average Bonchev–Trinajstić information content (AvgIpc) is 2.44. The molecule has 1 heterocycles. The molecule has 1 rings (SSSR count). The summed E-state index contributed by atoms with van der Waals surface area (Å²) in [5.74, 6) is 4.95. The lowest BCUT2D eigenvalue weighted by Gasteiger charge is -2.40. The number of nitrogens with zero attached hydrogens (tertiary/aromatic N) is 1. The van der Waals surface area contributed by atoms with Gasteiger partial charge in [0.15, 0.2) is 0 Å². The fourth-order valence-electron chi connectivity index (χ4n) is 2.46. The molecule has 0 radical (unpaired) electrons. The van der Waals surface area contributed by atoms with E-state index in [1.54, 1.807) is 0 Å². The van der Waals surface area contributed by atoms with E-state index in [-0.39, 0.29) is 17.7 Å². The molecule has 1 aliphatic heterocycles. The van der Waals surface area contributed by atoms with Crippen molar-refractivity contribution < 1.29 is 14.3 Å². The number of carbonyl (C=O) groups excluding carboxylic acids is 2. The van der Waals surface area contributed by atoms with Crippen molar-refractivity contribution in [2.75, 3.05) is 26.3 Å². The van der Waals surface area contributed by atoms with Crippen molar-refractivity contribution in [2.24, 2.45) is 11.8 Å². The molecule has 1 saturated heterocycles. The van der Waals surface area contributed by atoms with Gasteiger partial charge in [-0.2, -0.15) is 0 Å². The molecule has 2 unspecified atom stereocenters. The monoisotopic (exact) mass is 286 g/mol. The van der Waals surface area contributed by atoms with Crippen LogP contribution < -0.4 is 16.6 Å². The highest BCUT2D eigenvalue weighted by Crippen LogP contribution is 2.18. The standard InChI is InChI=1S/C13H26N4O3/c1-4-5-15-12(18)10-8-20-7-6-17(10)11(9(2)3)13(19)16-14/h9-11H,4-8,14H2,1-3H3,(H,15,18)(H,16,19). The summed E-state index contributed by atoms with van der Waals surface area (Å²) in [6, 6.07) is -0.874. The van der Waals surface area contributed by atoms with Crippen LogP contribution in [0.3, 0.4) is 0 Å². The Morgan fingerprint density at radius 3 is 2.70 bits per heavy atom. The first kappa shape index (κ1) is 16.9. The minimum atomic E-state index is -0.444. The van der Waals surface area contributed by atoms with E-state index in [4.69, 9.17) is 10.6 Å². The molecule has 116 valence electrons. The molecule has 4 N–H and O–H groups in total. The summed E-state index contributed by atoms with van der Waals surface area (Å²) in [5.41, 5.74) is 2.19. The molecular formula is C13H26N4O3. The number of amides is 2. The molecule has 0 bridgehead atoms. The molecule has 0 aromatic rings. The predicted molar refractivity (Wildman–Crippen MR) is 75.6 cm³/mol. The van der Waals surface area contributed by atoms with E-state index in [0.29, 0.717) is 26.3 Å². The van der Waals surface area contributed by atoms with Gasteiger partial charge >= 0.3 is 0 Å². The minimum Gasteiger partial charge on any atom is -0.378 e.